The van der Waals surface area contributed by atoms with E-state index in [1.165, 1.54) is 19.2 Å². The molecule has 11 nitrogen and oxygen atoms in total. The number of aryl methyl sites for hydroxylation is 1. The lowest BCUT2D eigenvalue weighted by Crippen LogP contribution is -2.29. The molecule has 0 spiro atoms. The van der Waals surface area contributed by atoms with Crippen molar-refractivity contribution >= 4 is 46.6 Å². The molecule has 2 aromatic carbocycles. The van der Waals surface area contributed by atoms with E-state index in [4.69, 9.17) is 21.4 Å². The van der Waals surface area contributed by atoms with Gasteiger partial charge in [0.25, 0.3) is 0 Å². The van der Waals surface area contributed by atoms with Crippen molar-refractivity contribution in [2.45, 2.75) is 19.0 Å². The van der Waals surface area contributed by atoms with Crippen LogP contribution < -0.4 is 15.5 Å². The normalized spacial score (nSPS) is 16.2. The van der Waals surface area contributed by atoms with Crippen molar-refractivity contribution in [1.82, 2.24) is 10.3 Å². The molecule has 42 heavy (non-hydrogen) atoms. The summed E-state index contributed by atoms with van der Waals surface area (Å²) in [6.07, 6.45) is 1.68. The van der Waals surface area contributed by atoms with Crippen molar-refractivity contribution in [3.63, 3.8) is 0 Å². The molecule has 1 saturated heterocycles. The highest BCUT2D eigenvalue weighted by Crippen LogP contribution is 2.43. The van der Waals surface area contributed by atoms with Gasteiger partial charge in [-0.1, -0.05) is 6.07 Å². The predicted molar refractivity (Wildman–Crippen MR) is 158 cm³/mol. The van der Waals surface area contributed by atoms with E-state index >= 15 is 0 Å². The van der Waals surface area contributed by atoms with Crippen LogP contribution in [0.5, 0.6) is 0 Å². The van der Waals surface area contributed by atoms with Gasteiger partial charge in [-0.15, -0.1) is 0 Å². The topological polar surface area (TPSA) is 154 Å². The zero-order valence-electron chi connectivity index (χ0n) is 22.5. The van der Waals surface area contributed by atoms with E-state index in [1.54, 1.807) is 24.4 Å². The molecular weight excluding hydrogens is 560 g/mol. The Bertz CT molecular complexity index is 1660. The summed E-state index contributed by atoms with van der Waals surface area (Å²) >= 11 is 5.78. The van der Waals surface area contributed by atoms with E-state index in [9.17, 15) is 24.6 Å². The number of methoxy groups -OCH3 is 1. The number of carboxylic acid groups (broad SMARTS) is 2. The van der Waals surface area contributed by atoms with Gasteiger partial charge in [-0.2, -0.15) is 0 Å². The minimum Gasteiger partial charge on any atom is -0.478 e. The standard InChI is InChI=1S/C30H26N4O7S/c1-16-11-20(6-7-21(16)32-25(35)15-40-2)34-27(26(33-30(34)42)22-5-3-4-10-31-22)24-9-8-23(41-24)17-12-18(28(36)37)14-19(13-17)29(38)39/h3-14,26-27H,15H2,1-2H3,(H,32,35)(H,33,42)(H,36,37)(H,38,39)/t26-,27+/m1/s1. The fourth-order valence-electron chi connectivity index (χ4n) is 4.86. The molecule has 0 aliphatic carbocycles. The Kier molecular flexibility index (Phi) is 8.00. The van der Waals surface area contributed by atoms with E-state index in [0.717, 1.165) is 17.3 Å². The van der Waals surface area contributed by atoms with Crippen LogP contribution >= 0.6 is 12.2 Å². The third kappa shape index (κ3) is 5.71. The van der Waals surface area contributed by atoms with E-state index in [-0.39, 0.29) is 23.6 Å². The maximum atomic E-state index is 12.1. The van der Waals surface area contributed by atoms with E-state index in [0.29, 0.717) is 33.6 Å². The largest absolute Gasteiger partial charge is 0.478 e. The summed E-state index contributed by atoms with van der Waals surface area (Å²) < 4.78 is 11.2. The number of nitrogens with one attached hydrogen (secondary N) is 2. The zero-order chi connectivity index (χ0) is 30.0. The maximum Gasteiger partial charge on any atom is 0.335 e. The molecule has 0 bridgehead atoms. The SMILES string of the molecule is COCC(=O)Nc1ccc(N2C(=S)N[C@H](c3ccccn3)[C@@H]2c2ccc(-c3cc(C(=O)O)cc(C(=O)O)c3)o2)cc1C. The van der Waals surface area contributed by atoms with Gasteiger partial charge in [0, 0.05) is 30.2 Å². The quantitative estimate of drug-likeness (QED) is 0.200. The van der Waals surface area contributed by atoms with Crippen LogP contribution in [0.4, 0.5) is 11.4 Å². The van der Waals surface area contributed by atoms with Crippen LogP contribution in [-0.4, -0.2) is 51.9 Å². The number of carbonyl (C=O) groups is 3. The minimum atomic E-state index is -1.25. The lowest BCUT2D eigenvalue weighted by atomic mass is 10.0. The van der Waals surface area contributed by atoms with Crippen LogP contribution in [0.15, 0.2) is 77.3 Å². The average molecular weight is 587 g/mol. The Morgan fingerprint density at radius 3 is 2.40 bits per heavy atom. The summed E-state index contributed by atoms with van der Waals surface area (Å²) in [7, 11) is 1.45. The smallest absolute Gasteiger partial charge is 0.335 e. The van der Waals surface area contributed by atoms with Crippen molar-refractivity contribution in [2.75, 3.05) is 23.9 Å². The third-order valence-corrected chi connectivity index (χ3v) is 7.08. The van der Waals surface area contributed by atoms with Gasteiger partial charge in [-0.25, -0.2) is 9.59 Å². The summed E-state index contributed by atoms with van der Waals surface area (Å²) in [6.45, 7) is 1.80. The molecule has 4 aromatic rings. The third-order valence-electron chi connectivity index (χ3n) is 6.77. The number of furan rings is 1. The Labute approximate surface area is 245 Å². The number of thiocarbonyl (C=S) groups is 1. The Morgan fingerprint density at radius 2 is 1.79 bits per heavy atom. The molecule has 2 atom stereocenters. The average Bonchev–Trinajstić information content (AvgIpc) is 3.59. The number of nitrogens with zero attached hydrogens (tertiary/aromatic N) is 2. The molecule has 2 aromatic heterocycles. The van der Waals surface area contributed by atoms with Crippen molar-refractivity contribution < 1.29 is 33.8 Å². The van der Waals surface area contributed by atoms with E-state index in [1.807, 2.05) is 42.2 Å². The second-order valence-corrected chi connectivity index (χ2v) is 9.98. The van der Waals surface area contributed by atoms with Gasteiger partial charge >= 0.3 is 11.9 Å². The molecule has 3 heterocycles. The van der Waals surface area contributed by atoms with Gasteiger partial charge in [-0.3, -0.25) is 9.78 Å². The number of aromatic nitrogens is 1. The van der Waals surface area contributed by atoms with Crippen LogP contribution in [0.25, 0.3) is 11.3 Å². The first kappa shape index (κ1) is 28.5. The second kappa shape index (κ2) is 11.8. The van der Waals surface area contributed by atoms with Crippen LogP contribution in [0.3, 0.4) is 0 Å². The summed E-state index contributed by atoms with van der Waals surface area (Å²) in [6, 6.07) is 17.4. The molecule has 5 rings (SSSR count). The number of hydrogen-bond donors (Lipinski definition) is 4. The summed E-state index contributed by atoms with van der Waals surface area (Å²) in [5, 5.41) is 25.6. The van der Waals surface area contributed by atoms with Crippen molar-refractivity contribution in [1.29, 1.82) is 0 Å². The molecule has 1 aliphatic rings. The highest BCUT2D eigenvalue weighted by atomic mass is 32.1. The first-order chi connectivity index (χ1) is 20.2. The number of pyridine rings is 1. The molecule has 1 fully saturated rings. The van der Waals surface area contributed by atoms with E-state index < -0.39 is 24.0 Å². The van der Waals surface area contributed by atoms with Crippen LogP contribution in [0.1, 0.15) is 49.8 Å². The first-order valence-electron chi connectivity index (χ1n) is 12.8. The molecular formula is C30H26N4O7S. The molecule has 12 heteroatoms. The number of anilines is 2. The lowest BCUT2D eigenvalue weighted by molar-refractivity contribution is -0.119. The minimum absolute atomic E-state index is 0.0701. The fraction of sp³-hybridized carbons (Fsp3) is 0.167. The van der Waals surface area contributed by atoms with Crippen LogP contribution in [0, 0.1) is 6.92 Å². The highest BCUT2D eigenvalue weighted by Gasteiger charge is 2.42. The molecule has 1 amide bonds. The molecule has 4 N–H and O–H groups in total. The van der Waals surface area contributed by atoms with Crippen molar-refractivity contribution in [3.05, 3.63) is 101 Å². The van der Waals surface area contributed by atoms with Gasteiger partial charge in [0.2, 0.25) is 5.91 Å². The van der Waals surface area contributed by atoms with Crippen LogP contribution in [-0.2, 0) is 9.53 Å². The van der Waals surface area contributed by atoms with Gasteiger partial charge in [-0.05, 0) is 85.4 Å². The summed E-state index contributed by atoms with van der Waals surface area (Å²) in [5.41, 5.74) is 2.83. The van der Waals surface area contributed by atoms with Crippen molar-refractivity contribution in [2.24, 2.45) is 0 Å². The lowest BCUT2D eigenvalue weighted by Gasteiger charge is -2.27. The van der Waals surface area contributed by atoms with E-state index in [2.05, 4.69) is 15.6 Å². The fourth-order valence-corrected chi connectivity index (χ4v) is 5.21. The predicted octanol–water partition coefficient (Wildman–Crippen LogP) is 4.81. The summed E-state index contributed by atoms with van der Waals surface area (Å²) in [4.78, 5) is 41.8. The highest BCUT2D eigenvalue weighted by molar-refractivity contribution is 7.80. The number of hydrogen-bond acceptors (Lipinski definition) is 7. The maximum absolute atomic E-state index is 12.1. The van der Waals surface area contributed by atoms with Gasteiger partial charge in [0.05, 0.1) is 22.9 Å². The zero-order valence-corrected chi connectivity index (χ0v) is 23.3. The monoisotopic (exact) mass is 586 g/mol. The number of carbonyl (C=O) groups excluding carboxylic acids is 1. The number of rotatable bonds is 9. The molecule has 214 valence electrons. The molecule has 0 radical (unpaired) electrons. The van der Waals surface area contributed by atoms with Gasteiger partial charge in [0.1, 0.15) is 24.2 Å². The second-order valence-electron chi connectivity index (χ2n) is 9.59. The molecule has 1 aliphatic heterocycles. The number of benzene rings is 2. The Morgan fingerprint density at radius 1 is 1.05 bits per heavy atom. The van der Waals surface area contributed by atoms with Gasteiger partial charge in [0.15, 0.2) is 5.11 Å². The first-order valence-corrected chi connectivity index (χ1v) is 13.2. The summed E-state index contributed by atoms with van der Waals surface area (Å²) in [5.74, 6) is -2.01. The molecule has 0 unspecified atom stereocenters. The van der Waals surface area contributed by atoms with Crippen molar-refractivity contribution in [3.8, 4) is 11.3 Å². The number of aromatic carboxylic acids is 2. The van der Waals surface area contributed by atoms with Gasteiger partial charge < -0.3 is 34.9 Å². The molecule has 0 saturated carbocycles. The Hall–Kier alpha value is -5.07. The number of carboxylic acids is 2. The number of amides is 1. The number of ether oxygens (including phenoxy) is 1. The Balaban J connectivity index is 1.57. The van der Waals surface area contributed by atoms with Crippen LogP contribution in [0.2, 0.25) is 0 Å².